The zero-order chi connectivity index (χ0) is 22.0. The Labute approximate surface area is 184 Å². The average Bonchev–Trinajstić information content (AvgIpc) is 3.14. The number of rotatable bonds is 7. The Balaban J connectivity index is 1.95. The fourth-order valence-corrected chi connectivity index (χ4v) is 4.57. The highest BCUT2D eigenvalue weighted by atomic mass is 32.2. The van der Waals surface area contributed by atoms with Gasteiger partial charge in [-0.15, -0.1) is 11.8 Å². The number of methoxy groups -OCH3 is 1. The minimum absolute atomic E-state index is 0.0593. The second kappa shape index (κ2) is 8.78. The van der Waals surface area contributed by atoms with Crippen LogP contribution in [0.4, 0.5) is 0 Å². The summed E-state index contributed by atoms with van der Waals surface area (Å²) in [6, 6.07) is 18.7. The first kappa shape index (κ1) is 20.9. The Morgan fingerprint density at radius 2 is 1.87 bits per heavy atom. The van der Waals surface area contributed by atoms with Crippen LogP contribution in [-0.2, 0) is 17.6 Å². The molecule has 4 aromatic rings. The maximum atomic E-state index is 11.5. The highest BCUT2D eigenvalue weighted by Gasteiger charge is 2.23. The van der Waals surface area contributed by atoms with Gasteiger partial charge in [0.1, 0.15) is 17.1 Å². The van der Waals surface area contributed by atoms with Gasteiger partial charge < -0.3 is 19.4 Å². The first-order valence-electron chi connectivity index (χ1n) is 9.76. The maximum Gasteiger partial charge on any atom is 0.307 e. The molecule has 0 unspecified atom stereocenters. The molecule has 0 spiro atoms. The first-order valence-corrected chi connectivity index (χ1v) is 11.0. The Morgan fingerprint density at radius 3 is 2.52 bits per heavy atom. The molecule has 5 nitrogen and oxygen atoms in total. The van der Waals surface area contributed by atoms with Gasteiger partial charge in [0, 0.05) is 11.5 Å². The number of carbonyl (C=O) groups is 1. The Hall–Kier alpha value is -3.38. The number of phenols is 1. The molecular weight excluding hydrogens is 412 g/mol. The van der Waals surface area contributed by atoms with Crippen LogP contribution in [0.15, 0.2) is 70.0 Å². The Kier molecular flexibility index (Phi) is 5.91. The number of furan rings is 1. The number of hydrogen-bond donors (Lipinski definition) is 2. The molecule has 0 aliphatic rings. The third-order valence-corrected chi connectivity index (χ3v) is 6.03. The number of thioether (sulfide) groups is 1. The summed E-state index contributed by atoms with van der Waals surface area (Å²) < 4.78 is 11.4. The highest BCUT2D eigenvalue weighted by Crippen LogP contribution is 2.45. The Bertz CT molecular complexity index is 1240. The third-order valence-electron chi connectivity index (χ3n) is 5.24. The molecule has 158 valence electrons. The van der Waals surface area contributed by atoms with Gasteiger partial charge in [0.2, 0.25) is 0 Å². The molecule has 0 saturated carbocycles. The monoisotopic (exact) mass is 434 g/mol. The summed E-state index contributed by atoms with van der Waals surface area (Å²) in [7, 11) is 1.54. The summed E-state index contributed by atoms with van der Waals surface area (Å²) in [5.41, 5.74) is 3.99. The molecule has 1 heterocycles. The number of fused-ring (bicyclic) bond motifs is 1. The van der Waals surface area contributed by atoms with Crippen LogP contribution in [0.5, 0.6) is 11.5 Å². The van der Waals surface area contributed by atoms with E-state index in [1.165, 1.54) is 11.8 Å². The average molecular weight is 435 g/mol. The number of carboxylic acid groups (broad SMARTS) is 1. The predicted octanol–water partition coefficient (Wildman–Crippen LogP) is 5.75. The molecule has 31 heavy (non-hydrogen) atoms. The molecule has 0 bridgehead atoms. The second-order valence-corrected chi connectivity index (χ2v) is 7.97. The van der Waals surface area contributed by atoms with Crippen molar-refractivity contribution in [3.63, 3.8) is 0 Å². The van der Waals surface area contributed by atoms with E-state index in [-0.39, 0.29) is 12.2 Å². The minimum atomic E-state index is -0.879. The SMILES string of the molecule is COc1ccc(-c2oc3ccc(CC(=O)O)c(Cc4ccccc4)c3c2SC)c(O)c1. The van der Waals surface area contributed by atoms with Crippen molar-refractivity contribution >= 4 is 28.7 Å². The van der Waals surface area contributed by atoms with Gasteiger partial charge in [0.25, 0.3) is 0 Å². The lowest BCUT2D eigenvalue weighted by atomic mass is 9.94. The van der Waals surface area contributed by atoms with Crippen molar-refractivity contribution in [2.45, 2.75) is 17.7 Å². The number of ether oxygens (including phenoxy) is 1. The van der Waals surface area contributed by atoms with Gasteiger partial charge in [-0.1, -0.05) is 36.4 Å². The second-order valence-electron chi connectivity index (χ2n) is 7.16. The molecule has 6 heteroatoms. The lowest BCUT2D eigenvalue weighted by molar-refractivity contribution is -0.136. The summed E-state index contributed by atoms with van der Waals surface area (Å²) in [4.78, 5) is 12.4. The molecule has 0 radical (unpaired) electrons. The van der Waals surface area contributed by atoms with Gasteiger partial charge in [-0.3, -0.25) is 4.79 Å². The van der Waals surface area contributed by atoms with E-state index in [1.807, 2.05) is 48.7 Å². The summed E-state index contributed by atoms with van der Waals surface area (Å²) >= 11 is 1.51. The zero-order valence-corrected chi connectivity index (χ0v) is 18.0. The van der Waals surface area contributed by atoms with Crippen LogP contribution in [0.25, 0.3) is 22.3 Å². The van der Waals surface area contributed by atoms with Crippen LogP contribution in [0.2, 0.25) is 0 Å². The summed E-state index contributed by atoms with van der Waals surface area (Å²) in [6.07, 6.45) is 2.46. The summed E-state index contributed by atoms with van der Waals surface area (Å²) in [5, 5.41) is 20.9. The minimum Gasteiger partial charge on any atom is -0.507 e. The van der Waals surface area contributed by atoms with Crippen molar-refractivity contribution in [3.05, 3.63) is 77.4 Å². The summed E-state index contributed by atoms with van der Waals surface area (Å²) in [5.74, 6) is 0.293. The fourth-order valence-electron chi connectivity index (χ4n) is 3.81. The third kappa shape index (κ3) is 4.11. The van der Waals surface area contributed by atoms with Crippen LogP contribution < -0.4 is 4.74 Å². The van der Waals surface area contributed by atoms with Crippen LogP contribution in [0.3, 0.4) is 0 Å². The van der Waals surface area contributed by atoms with E-state index in [9.17, 15) is 15.0 Å². The summed E-state index contributed by atoms with van der Waals surface area (Å²) in [6.45, 7) is 0. The van der Waals surface area contributed by atoms with E-state index in [1.54, 1.807) is 25.3 Å². The lowest BCUT2D eigenvalue weighted by Crippen LogP contribution is -2.05. The number of phenolic OH excluding ortho intramolecular Hbond substituents is 1. The fraction of sp³-hybridized carbons (Fsp3) is 0.160. The highest BCUT2D eigenvalue weighted by molar-refractivity contribution is 7.99. The molecule has 0 atom stereocenters. The van der Waals surface area contributed by atoms with Crippen LogP contribution >= 0.6 is 11.8 Å². The van der Waals surface area contributed by atoms with Crippen LogP contribution in [-0.4, -0.2) is 29.5 Å². The predicted molar refractivity (Wildman–Crippen MR) is 122 cm³/mol. The van der Waals surface area contributed by atoms with Gasteiger partial charge in [-0.05, 0) is 47.6 Å². The molecule has 0 amide bonds. The molecule has 0 fully saturated rings. The largest absolute Gasteiger partial charge is 0.507 e. The molecule has 0 saturated heterocycles. The smallest absolute Gasteiger partial charge is 0.307 e. The molecule has 2 N–H and O–H groups in total. The first-order chi connectivity index (χ1) is 15.0. The number of carboxylic acids is 1. The van der Waals surface area contributed by atoms with Gasteiger partial charge in [0.05, 0.1) is 24.0 Å². The number of aromatic hydroxyl groups is 1. The van der Waals surface area contributed by atoms with Gasteiger partial charge in [0.15, 0.2) is 5.76 Å². The van der Waals surface area contributed by atoms with Crippen molar-refractivity contribution in [3.8, 4) is 22.8 Å². The molecule has 4 rings (SSSR count). The van der Waals surface area contributed by atoms with E-state index >= 15 is 0 Å². The van der Waals surface area contributed by atoms with Crippen molar-refractivity contribution in [2.75, 3.05) is 13.4 Å². The maximum absolute atomic E-state index is 11.5. The topological polar surface area (TPSA) is 79.9 Å². The van der Waals surface area contributed by atoms with Crippen molar-refractivity contribution in [1.82, 2.24) is 0 Å². The normalized spacial score (nSPS) is 11.0. The van der Waals surface area contributed by atoms with Gasteiger partial charge in [-0.2, -0.15) is 0 Å². The number of benzene rings is 3. The van der Waals surface area contributed by atoms with E-state index in [0.29, 0.717) is 29.1 Å². The van der Waals surface area contributed by atoms with Gasteiger partial charge >= 0.3 is 5.97 Å². The Morgan fingerprint density at radius 1 is 1.10 bits per heavy atom. The van der Waals surface area contributed by atoms with E-state index in [2.05, 4.69) is 0 Å². The van der Waals surface area contributed by atoms with Crippen molar-refractivity contribution < 1.29 is 24.2 Å². The molecule has 0 aliphatic carbocycles. The van der Waals surface area contributed by atoms with Crippen LogP contribution in [0.1, 0.15) is 16.7 Å². The molecule has 1 aromatic heterocycles. The van der Waals surface area contributed by atoms with Crippen LogP contribution in [0, 0.1) is 0 Å². The lowest BCUT2D eigenvalue weighted by Gasteiger charge is -2.11. The van der Waals surface area contributed by atoms with Crippen molar-refractivity contribution in [1.29, 1.82) is 0 Å². The van der Waals surface area contributed by atoms with E-state index in [0.717, 1.165) is 27.0 Å². The standard InChI is InChI=1S/C25H22O5S/c1-29-17-9-10-18(20(26)14-17)24-25(31-2)23-19(12-15-6-4-3-5-7-15)16(13-22(27)28)8-11-21(23)30-24/h3-11,14,26H,12-13H2,1-2H3,(H,27,28). The van der Waals surface area contributed by atoms with Crippen molar-refractivity contribution in [2.24, 2.45) is 0 Å². The number of hydrogen-bond acceptors (Lipinski definition) is 5. The molecular formula is C25H22O5S. The molecule has 0 aliphatic heterocycles. The molecule has 3 aromatic carbocycles. The van der Waals surface area contributed by atoms with E-state index < -0.39 is 5.97 Å². The van der Waals surface area contributed by atoms with E-state index in [4.69, 9.17) is 9.15 Å². The number of aliphatic carboxylic acids is 1. The zero-order valence-electron chi connectivity index (χ0n) is 17.2. The van der Waals surface area contributed by atoms with Gasteiger partial charge in [-0.25, -0.2) is 0 Å². The quantitative estimate of drug-likeness (QED) is 0.360.